The summed E-state index contributed by atoms with van der Waals surface area (Å²) in [5, 5.41) is 6.73. The number of halogens is 1. The van der Waals surface area contributed by atoms with Gasteiger partial charge in [-0.3, -0.25) is 0 Å². The van der Waals surface area contributed by atoms with E-state index >= 15 is 0 Å². The summed E-state index contributed by atoms with van der Waals surface area (Å²) in [6.45, 7) is 8.00. The Kier molecular flexibility index (Phi) is 5.67. The monoisotopic (exact) mass is 365 g/mol. The molecule has 1 saturated carbocycles. The van der Waals surface area contributed by atoms with Gasteiger partial charge in [0.15, 0.2) is 12.8 Å². The Morgan fingerprint density at radius 1 is 1.42 bits per heavy atom. The highest BCUT2D eigenvalue weighted by Crippen LogP contribution is 2.42. The molecule has 6 nitrogen and oxygen atoms in total. The van der Waals surface area contributed by atoms with E-state index in [4.69, 9.17) is 14.2 Å². The van der Waals surface area contributed by atoms with Crippen molar-refractivity contribution in [2.75, 3.05) is 20.4 Å². The molecule has 2 atom stereocenters. The van der Waals surface area contributed by atoms with E-state index in [-0.39, 0.29) is 30.2 Å². The van der Waals surface area contributed by atoms with Gasteiger partial charge in [0, 0.05) is 36.2 Å². The van der Waals surface area contributed by atoms with E-state index in [1.165, 1.54) is 12.1 Å². The lowest BCUT2D eigenvalue weighted by atomic mass is 9.64. The van der Waals surface area contributed by atoms with E-state index < -0.39 is 0 Å². The molecular weight excluding hydrogens is 337 g/mol. The summed E-state index contributed by atoms with van der Waals surface area (Å²) in [6.07, 6.45) is 1.18. The number of rotatable bonds is 5. The molecule has 1 aromatic rings. The first-order valence-corrected chi connectivity index (χ1v) is 9.05. The second-order valence-corrected chi connectivity index (χ2v) is 7.34. The Hall–Kier alpha value is -1.86. The first-order valence-electron chi connectivity index (χ1n) is 9.05. The highest BCUT2D eigenvalue weighted by atomic mass is 19.1. The number of aliphatic imine (C=N–C) groups is 1. The quantitative estimate of drug-likeness (QED) is 0.620. The summed E-state index contributed by atoms with van der Waals surface area (Å²) in [7, 11) is 1.75. The van der Waals surface area contributed by atoms with Crippen LogP contribution in [0.15, 0.2) is 17.1 Å². The van der Waals surface area contributed by atoms with Crippen LogP contribution < -0.4 is 15.4 Å². The fraction of sp³-hybridized carbons (Fsp3) is 0.632. The third kappa shape index (κ3) is 3.78. The fourth-order valence-electron chi connectivity index (χ4n) is 3.55. The maximum atomic E-state index is 13.9. The molecule has 0 saturated heterocycles. The van der Waals surface area contributed by atoms with Crippen molar-refractivity contribution in [3.63, 3.8) is 0 Å². The second kappa shape index (κ2) is 7.80. The minimum absolute atomic E-state index is 0.0312. The van der Waals surface area contributed by atoms with Crippen LogP contribution in [0, 0.1) is 11.2 Å². The average molecular weight is 365 g/mol. The topological polar surface area (TPSA) is 64.1 Å². The third-order valence-electron chi connectivity index (χ3n) is 5.28. The lowest BCUT2D eigenvalue weighted by Gasteiger charge is -2.51. The van der Waals surface area contributed by atoms with E-state index in [1.54, 1.807) is 7.11 Å². The number of hydrogen-bond acceptors (Lipinski definition) is 4. The van der Waals surface area contributed by atoms with Crippen LogP contribution in [0.5, 0.6) is 5.75 Å². The first-order chi connectivity index (χ1) is 12.5. The molecule has 2 unspecified atom stereocenters. The zero-order chi connectivity index (χ0) is 18.7. The molecule has 0 aromatic heterocycles. The summed E-state index contributed by atoms with van der Waals surface area (Å²) in [6, 6.07) is 3.20. The van der Waals surface area contributed by atoms with E-state index in [1.807, 2.05) is 6.92 Å². The molecule has 7 heteroatoms. The summed E-state index contributed by atoms with van der Waals surface area (Å²) in [4.78, 5) is 4.64. The van der Waals surface area contributed by atoms with Crippen molar-refractivity contribution >= 4 is 5.96 Å². The highest BCUT2D eigenvalue weighted by molar-refractivity contribution is 5.80. The molecule has 0 radical (unpaired) electrons. The van der Waals surface area contributed by atoms with Crippen molar-refractivity contribution in [2.45, 2.75) is 52.5 Å². The Labute approximate surface area is 154 Å². The zero-order valence-corrected chi connectivity index (χ0v) is 15.9. The molecule has 26 heavy (non-hydrogen) atoms. The van der Waals surface area contributed by atoms with Crippen LogP contribution in [0.1, 0.15) is 38.3 Å². The number of methoxy groups -OCH3 is 1. The van der Waals surface area contributed by atoms with E-state index in [2.05, 4.69) is 29.5 Å². The SMILES string of the molecule is CCNC(=NCc1cc(F)cc2c1OCOC2)NC1CC(OC)C1(C)C. The normalized spacial score (nSPS) is 24.3. The second-order valence-electron chi connectivity index (χ2n) is 7.34. The maximum Gasteiger partial charge on any atom is 0.191 e. The van der Waals surface area contributed by atoms with Crippen molar-refractivity contribution in [3.05, 3.63) is 29.1 Å². The number of guanidine groups is 1. The number of fused-ring (bicyclic) bond motifs is 1. The summed E-state index contributed by atoms with van der Waals surface area (Å²) in [5.41, 5.74) is 1.48. The Morgan fingerprint density at radius 2 is 2.23 bits per heavy atom. The van der Waals surface area contributed by atoms with Gasteiger partial charge in [-0.1, -0.05) is 13.8 Å². The molecule has 0 spiro atoms. The summed E-state index contributed by atoms with van der Waals surface area (Å²) >= 11 is 0. The van der Waals surface area contributed by atoms with Gasteiger partial charge in [0.25, 0.3) is 0 Å². The zero-order valence-electron chi connectivity index (χ0n) is 15.9. The maximum absolute atomic E-state index is 13.9. The van der Waals surface area contributed by atoms with Gasteiger partial charge in [-0.05, 0) is 25.5 Å². The first kappa shape index (κ1) is 18.9. The van der Waals surface area contributed by atoms with Crippen LogP contribution in [0.25, 0.3) is 0 Å². The molecule has 1 heterocycles. The molecular formula is C19H28FN3O3. The molecule has 1 fully saturated rings. The molecule has 0 amide bonds. The van der Waals surface area contributed by atoms with Crippen molar-refractivity contribution in [1.82, 2.24) is 10.6 Å². The van der Waals surface area contributed by atoms with Crippen LogP contribution in [0.3, 0.4) is 0 Å². The Balaban J connectivity index is 1.73. The molecule has 2 aliphatic rings. The van der Waals surface area contributed by atoms with Crippen LogP contribution >= 0.6 is 0 Å². The van der Waals surface area contributed by atoms with Crippen LogP contribution in [-0.4, -0.2) is 38.6 Å². The van der Waals surface area contributed by atoms with Crippen molar-refractivity contribution in [1.29, 1.82) is 0 Å². The van der Waals surface area contributed by atoms with Crippen molar-refractivity contribution < 1.29 is 18.6 Å². The predicted molar refractivity (Wildman–Crippen MR) is 97.6 cm³/mol. The van der Waals surface area contributed by atoms with Gasteiger partial charge in [0.2, 0.25) is 0 Å². The Bertz CT molecular complexity index is 678. The minimum Gasteiger partial charge on any atom is -0.467 e. The van der Waals surface area contributed by atoms with E-state index in [0.717, 1.165) is 24.1 Å². The molecule has 2 N–H and O–H groups in total. The lowest BCUT2D eigenvalue weighted by molar-refractivity contribution is -0.0922. The van der Waals surface area contributed by atoms with Gasteiger partial charge in [-0.15, -0.1) is 0 Å². The number of nitrogens with zero attached hydrogens (tertiary/aromatic N) is 1. The average Bonchev–Trinajstić information content (AvgIpc) is 2.62. The fourth-order valence-corrected chi connectivity index (χ4v) is 3.55. The Morgan fingerprint density at radius 3 is 2.92 bits per heavy atom. The third-order valence-corrected chi connectivity index (χ3v) is 5.28. The standard InChI is InChI=1S/C19H28FN3O3/c1-5-21-18(23-15-8-16(24-4)19(15,2)3)22-9-12-6-14(20)7-13-10-25-11-26-17(12)13/h6-7,15-16H,5,8-11H2,1-4H3,(H2,21,22,23). The van der Waals surface area contributed by atoms with E-state index in [0.29, 0.717) is 24.9 Å². The minimum atomic E-state index is -0.302. The van der Waals surface area contributed by atoms with Crippen molar-refractivity contribution in [2.24, 2.45) is 10.4 Å². The van der Waals surface area contributed by atoms with Crippen LogP contribution in [0.4, 0.5) is 4.39 Å². The predicted octanol–water partition coefficient (Wildman–Crippen LogP) is 2.56. The van der Waals surface area contributed by atoms with Crippen LogP contribution in [-0.2, 0) is 22.6 Å². The lowest BCUT2D eigenvalue weighted by Crippen LogP contribution is -2.63. The van der Waals surface area contributed by atoms with Crippen molar-refractivity contribution in [3.8, 4) is 5.75 Å². The molecule has 144 valence electrons. The van der Waals surface area contributed by atoms with Gasteiger partial charge in [-0.25, -0.2) is 9.38 Å². The number of nitrogens with one attached hydrogen (secondary N) is 2. The molecule has 3 rings (SSSR count). The van der Waals surface area contributed by atoms with Gasteiger partial charge >= 0.3 is 0 Å². The highest BCUT2D eigenvalue weighted by Gasteiger charge is 2.48. The summed E-state index contributed by atoms with van der Waals surface area (Å²) in [5.74, 6) is 1.09. The number of benzene rings is 1. The van der Waals surface area contributed by atoms with Gasteiger partial charge < -0.3 is 24.8 Å². The number of ether oxygens (including phenoxy) is 3. The molecule has 0 bridgehead atoms. The van der Waals surface area contributed by atoms with E-state index in [9.17, 15) is 4.39 Å². The molecule has 1 aliphatic carbocycles. The molecule has 1 aromatic carbocycles. The van der Waals surface area contributed by atoms with Gasteiger partial charge in [0.05, 0.1) is 19.3 Å². The largest absolute Gasteiger partial charge is 0.467 e. The molecule has 1 aliphatic heterocycles. The van der Waals surface area contributed by atoms with Crippen LogP contribution in [0.2, 0.25) is 0 Å². The van der Waals surface area contributed by atoms with Gasteiger partial charge in [-0.2, -0.15) is 0 Å². The summed E-state index contributed by atoms with van der Waals surface area (Å²) < 4.78 is 30.2. The number of hydrogen-bond donors (Lipinski definition) is 2. The smallest absolute Gasteiger partial charge is 0.191 e. The van der Waals surface area contributed by atoms with Gasteiger partial charge in [0.1, 0.15) is 11.6 Å².